The fraction of sp³-hybridized carbons (Fsp3) is 0.211. The summed E-state index contributed by atoms with van der Waals surface area (Å²) in [5, 5.41) is 5.44. The molecule has 0 spiro atoms. The number of halogens is 1. The number of aryl methyl sites for hydroxylation is 4. The summed E-state index contributed by atoms with van der Waals surface area (Å²) in [4.78, 5) is 0. The third-order valence-corrected chi connectivity index (χ3v) is 4.74. The molecule has 0 saturated carbocycles. The van der Waals surface area contributed by atoms with Gasteiger partial charge in [0.1, 0.15) is 7.05 Å². The zero-order chi connectivity index (χ0) is 14.7. The average molecular weight is 402 g/mol. The van der Waals surface area contributed by atoms with Crippen LogP contribution in [-0.2, 0) is 14.1 Å². The predicted octanol–water partition coefficient (Wildman–Crippen LogP) is 0.930. The van der Waals surface area contributed by atoms with E-state index in [1.54, 1.807) is 0 Å². The molecule has 0 radical (unpaired) electrons. The van der Waals surface area contributed by atoms with E-state index in [2.05, 4.69) is 79.8 Å². The van der Waals surface area contributed by atoms with Crippen molar-refractivity contribution in [2.45, 2.75) is 13.8 Å². The number of benzene rings is 2. The van der Waals surface area contributed by atoms with Crippen LogP contribution in [0, 0.1) is 13.8 Å². The van der Waals surface area contributed by atoms with Crippen LogP contribution in [0.4, 0.5) is 0 Å². The lowest BCUT2D eigenvalue weighted by Crippen LogP contribution is -3.00. The van der Waals surface area contributed by atoms with Crippen LogP contribution in [0.3, 0.4) is 0 Å². The maximum atomic E-state index is 2.33. The van der Waals surface area contributed by atoms with Crippen molar-refractivity contribution in [3.63, 3.8) is 0 Å². The standard InChI is InChI=1S/C19H19N2.HI/c1-12-16-11-20(3)10-9-14(16)13(2)19-18(12)15-7-5-6-8-17(15)21(19)4;/h5-11H,1-4H3;1H/q+1;/p-1. The van der Waals surface area contributed by atoms with E-state index in [9.17, 15) is 0 Å². The second-order valence-corrected chi connectivity index (χ2v) is 5.99. The van der Waals surface area contributed by atoms with E-state index in [1.807, 2.05) is 0 Å². The fourth-order valence-corrected chi connectivity index (χ4v) is 3.70. The van der Waals surface area contributed by atoms with Gasteiger partial charge in [-0.15, -0.1) is 0 Å². The maximum Gasteiger partial charge on any atom is 0.176 e. The average Bonchev–Trinajstić information content (AvgIpc) is 2.79. The van der Waals surface area contributed by atoms with Gasteiger partial charge in [0.25, 0.3) is 0 Å². The first-order valence-electron chi connectivity index (χ1n) is 7.35. The van der Waals surface area contributed by atoms with Gasteiger partial charge in [0.05, 0.1) is 5.52 Å². The Morgan fingerprint density at radius 1 is 0.909 bits per heavy atom. The van der Waals surface area contributed by atoms with Crippen molar-refractivity contribution in [3.8, 4) is 0 Å². The van der Waals surface area contributed by atoms with Crippen LogP contribution in [0.2, 0.25) is 0 Å². The molecule has 0 fully saturated rings. The normalized spacial score (nSPS) is 11.3. The number of fused-ring (bicyclic) bond motifs is 4. The highest BCUT2D eigenvalue weighted by atomic mass is 127. The Morgan fingerprint density at radius 3 is 2.41 bits per heavy atom. The summed E-state index contributed by atoms with van der Waals surface area (Å²) in [5.74, 6) is 0. The van der Waals surface area contributed by atoms with Crippen molar-refractivity contribution in [2.75, 3.05) is 0 Å². The second-order valence-electron chi connectivity index (χ2n) is 5.99. The van der Waals surface area contributed by atoms with Crippen molar-refractivity contribution < 1.29 is 28.5 Å². The molecule has 3 heteroatoms. The van der Waals surface area contributed by atoms with E-state index in [4.69, 9.17) is 0 Å². The molecule has 0 amide bonds. The molecular weight excluding hydrogens is 383 g/mol. The van der Waals surface area contributed by atoms with Crippen LogP contribution in [0.1, 0.15) is 11.1 Å². The Bertz CT molecular complexity index is 1030. The van der Waals surface area contributed by atoms with E-state index in [0.29, 0.717) is 0 Å². The minimum absolute atomic E-state index is 0. The number of para-hydroxylation sites is 1. The Balaban J connectivity index is 0.00000144. The highest BCUT2D eigenvalue weighted by molar-refractivity contribution is 6.16. The van der Waals surface area contributed by atoms with Gasteiger partial charge in [-0.25, -0.2) is 4.57 Å². The summed E-state index contributed by atoms with van der Waals surface area (Å²) in [6.07, 6.45) is 4.36. The van der Waals surface area contributed by atoms with Crippen molar-refractivity contribution in [1.29, 1.82) is 0 Å². The summed E-state index contributed by atoms with van der Waals surface area (Å²) in [6.45, 7) is 4.49. The summed E-state index contributed by atoms with van der Waals surface area (Å²) in [7, 11) is 4.26. The third kappa shape index (κ3) is 1.88. The van der Waals surface area contributed by atoms with Crippen LogP contribution in [0.15, 0.2) is 42.7 Å². The Labute approximate surface area is 147 Å². The molecule has 0 N–H and O–H groups in total. The molecule has 0 aliphatic heterocycles. The molecule has 4 rings (SSSR count). The van der Waals surface area contributed by atoms with Gasteiger partial charge in [-0.05, 0) is 36.4 Å². The number of nitrogens with zero attached hydrogens (tertiary/aromatic N) is 2. The van der Waals surface area contributed by atoms with Gasteiger partial charge in [0.15, 0.2) is 12.4 Å². The van der Waals surface area contributed by atoms with Crippen LogP contribution in [0.25, 0.3) is 32.6 Å². The molecule has 112 valence electrons. The Kier molecular flexibility index (Phi) is 3.63. The smallest absolute Gasteiger partial charge is 0.176 e. The van der Waals surface area contributed by atoms with E-state index in [1.165, 1.54) is 43.7 Å². The first-order valence-corrected chi connectivity index (χ1v) is 7.35. The van der Waals surface area contributed by atoms with Gasteiger partial charge in [0.2, 0.25) is 0 Å². The summed E-state index contributed by atoms with van der Waals surface area (Å²) >= 11 is 0. The second kappa shape index (κ2) is 5.23. The lowest BCUT2D eigenvalue weighted by molar-refractivity contribution is -0.670. The van der Waals surface area contributed by atoms with Gasteiger partial charge in [-0.2, -0.15) is 0 Å². The molecule has 2 aromatic heterocycles. The van der Waals surface area contributed by atoms with Gasteiger partial charge in [0, 0.05) is 34.8 Å². The number of pyridine rings is 1. The topological polar surface area (TPSA) is 8.81 Å². The van der Waals surface area contributed by atoms with Crippen molar-refractivity contribution in [2.24, 2.45) is 14.1 Å². The first kappa shape index (κ1) is 15.3. The minimum atomic E-state index is 0. The molecule has 2 heterocycles. The number of hydrogen-bond acceptors (Lipinski definition) is 0. The fourth-order valence-electron chi connectivity index (χ4n) is 3.70. The zero-order valence-corrected chi connectivity index (χ0v) is 15.5. The highest BCUT2D eigenvalue weighted by Gasteiger charge is 2.17. The molecule has 0 atom stereocenters. The van der Waals surface area contributed by atoms with Crippen molar-refractivity contribution >= 4 is 32.6 Å². The zero-order valence-electron chi connectivity index (χ0n) is 13.3. The largest absolute Gasteiger partial charge is 1.00 e. The summed E-state index contributed by atoms with van der Waals surface area (Å²) in [6, 6.07) is 10.9. The molecule has 0 unspecified atom stereocenters. The van der Waals surface area contributed by atoms with Crippen LogP contribution >= 0.6 is 0 Å². The Hall–Kier alpha value is -1.62. The van der Waals surface area contributed by atoms with Crippen molar-refractivity contribution in [1.82, 2.24) is 4.57 Å². The maximum absolute atomic E-state index is 2.33. The molecule has 0 saturated heterocycles. The minimum Gasteiger partial charge on any atom is -1.00 e. The monoisotopic (exact) mass is 402 g/mol. The first-order chi connectivity index (χ1) is 10.1. The van der Waals surface area contributed by atoms with Crippen LogP contribution in [0.5, 0.6) is 0 Å². The number of hydrogen-bond donors (Lipinski definition) is 0. The Morgan fingerprint density at radius 2 is 1.64 bits per heavy atom. The highest BCUT2D eigenvalue weighted by Crippen LogP contribution is 2.37. The summed E-state index contributed by atoms with van der Waals surface area (Å²) < 4.78 is 4.46. The summed E-state index contributed by atoms with van der Waals surface area (Å²) in [5.41, 5.74) is 5.40. The molecule has 0 aliphatic rings. The molecule has 0 aliphatic carbocycles. The van der Waals surface area contributed by atoms with Gasteiger partial charge in [-0.1, -0.05) is 18.2 Å². The molecule has 2 nitrogen and oxygen atoms in total. The molecule has 4 aromatic rings. The van der Waals surface area contributed by atoms with Gasteiger partial charge in [-0.3, -0.25) is 0 Å². The lowest BCUT2D eigenvalue weighted by Gasteiger charge is -2.09. The van der Waals surface area contributed by atoms with E-state index in [-0.39, 0.29) is 24.0 Å². The van der Waals surface area contributed by atoms with Crippen LogP contribution < -0.4 is 28.5 Å². The number of aromatic nitrogens is 2. The van der Waals surface area contributed by atoms with Gasteiger partial charge >= 0.3 is 0 Å². The molecule has 22 heavy (non-hydrogen) atoms. The molecule has 2 aromatic carbocycles. The SMILES string of the molecule is Cc1c2c[n+](C)ccc2c(C)c2c1c1ccccc1n2C.[I-]. The van der Waals surface area contributed by atoms with E-state index in [0.717, 1.165) is 0 Å². The number of rotatable bonds is 0. The molecular formula is C19H19IN2. The molecule has 0 bridgehead atoms. The van der Waals surface area contributed by atoms with Gasteiger partial charge < -0.3 is 28.5 Å². The lowest BCUT2D eigenvalue weighted by atomic mass is 9.97. The van der Waals surface area contributed by atoms with Crippen LogP contribution in [-0.4, -0.2) is 4.57 Å². The van der Waals surface area contributed by atoms with E-state index >= 15 is 0 Å². The van der Waals surface area contributed by atoms with E-state index < -0.39 is 0 Å². The predicted molar refractivity (Wildman–Crippen MR) is 88.6 cm³/mol. The third-order valence-electron chi connectivity index (χ3n) is 4.74. The quantitative estimate of drug-likeness (QED) is 0.306. The van der Waals surface area contributed by atoms with Crippen molar-refractivity contribution in [3.05, 3.63) is 53.9 Å².